The van der Waals surface area contributed by atoms with Gasteiger partial charge < -0.3 is 10.1 Å². The minimum Gasteiger partial charge on any atom is -0.482 e. The second-order valence-corrected chi connectivity index (χ2v) is 6.89. The Labute approximate surface area is 143 Å². The van der Waals surface area contributed by atoms with E-state index in [4.69, 9.17) is 33.1 Å². The lowest BCUT2D eigenvalue weighted by Crippen LogP contribution is -2.20. The van der Waals surface area contributed by atoms with E-state index in [0.717, 1.165) is 0 Å². The second kappa shape index (κ2) is 7.18. The molecule has 0 bridgehead atoms. The normalized spacial score (nSPS) is 11.1. The van der Waals surface area contributed by atoms with Gasteiger partial charge in [-0.2, -0.15) is 0 Å². The molecule has 23 heavy (non-hydrogen) atoms. The predicted octanol–water partition coefficient (Wildman–Crippen LogP) is 2.66. The van der Waals surface area contributed by atoms with Crippen LogP contribution in [0.15, 0.2) is 47.4 Å². The van der Waals surface area contributed by atoms with Crippen LogP contribution in [0.1, 0.15) is 0 Å². The standard InChI is InChI=1S/C14H12Cl2N2O4S/c15-9-1-6-12(16)13(7-9)22-8-14(19)18-10-2-4-11(5-3-10)23(17,20)21/h1-7H,8H2,(H,18,19)(H2,17,20,21). The van der Waals surface area contributed by atoms with Gasteiger partial charge in [-0.25, -0.2) is 13.6 Å². The monoisotopic (exact) mass is 374 g/mol. The fourth-order valence-electron chi connectivity index (χ4n) is 1.66. The molecule has 0 aliphatic carbocycles. The highest BCUT2D eigenvalue weighted by Gasteiger charge is 2.09. The van der Waals surface area contributed by atoms with Gasteiger partial charge in [0.05, 0.1) is 9.92 Å². The van der Waals surface area contributed by atoms with Crippen molar-refractivity contribution in [2.45, 2.75) is 4.90 Å². The van der Waals surface area contributed by atoms with Gasteiger partial charge in [-0.3, -0.25) is 4.79 Å². The van der Waals surface area contributed by atoms with E-state index in [2.05, 4.69) is 5.32 Å². The second-order valence-electron chi connectivity index (χ2n) is 4.48. The van der Waals surface area contributed by atoms with Gasteiger partial charge >= 0.3 is 0 Å². The Morgan fingerprint density at radius 1 is 1.13 bits per heavy atom. The number of carbonyl (C=O) groups excluding carboxylic acids is 1. The largest absolute Gasteiger partial charge is 0.482 e. The van der Waals surface area contributed by atoms with E-state index in [0.29, 0.717) is 21.5 Å². The summed E-state index contributed by atoms with van der Waals surface area (Å²) in [6.45, 7) is -0.281. The first-order valence-electron chi connectivity index (χ1n) is 6.26. The van der Waals surface area contributed by atoms with E-state index in [1.54, 1.807) is 12.1 Å². The fourth-order valence-corrected chi connectivity index (χ4v) is 2.51. The van der Waals surface area contributed by atoms with Crippen molar-refractivity contribution >= 4 is 44.8 Å². The number of rotatable bonds is 5. The third-order valence-corrected chi connectivity index (χ3v) is 4.20. The smallest absolute Gasteiger partial charge is 0.262 e. The maximum absolute atomic E-state index is 11.8. The minimum absolute atomic E-state index is 0.0440. The van der Waals surface area contributed by atoms with E-state index in [1.807, 2.05) is 0 Å². The highest BCUT2D eigenvalue weighted by Crippen LogP contribution is 2.27. The molecule has 1 amide bonds. The number of hydrogen-bond donors (Lipinski definition) is 2. The number of anilines is 1. The molecule has 6 nitrogen and oxygen atoms in total. The van der Waals surface area contributed by atoms with Crippen LogP contribution in [0.3, 0.4) is 0 Å². The fraction of sp³-hybridized carbons (Fsp3) is 0.0714. The molecule has 0 aliphatic rings. The van der Waals surface area contributed by atoms with Crippen molar-refractivity contribution in [2.75, 3.05) is 11.9 Å². The lowest BCUT2D eigenvalue weighted by molar-refractivity contribution is -0.118. The molecule has 0 radical (unpaired) electrons. The Bertz CT molecular complexity index is 823. The minimum atomic E-state index is -3.77. The van der Waals surface area contributed by atoms with Crippen LogP contribution < -0.4 is 15.2 Å². The maximum atomic E-state index is 11.8. The van der Waals surface area contributed by atoms with Gasteiger partial charge in [0.15, 0.2) is 6.61 Å². The number of amides is 1. The van der Waals surface area contributed by atoms with E-state index in [-0.39, 0.29) is 11.5 Å². The number of hydrogen-bond acceptors (Lipinski definition) is 4. The molecule has 0 saturated carbocycles. The van der Waals surface area contributed by atoms with Crippen molar-refractivity contribution in [1.29, 1.82) is 0 Å². The molecule has 2 rings (SSSR count). The van der Waals surface area contributed by atoms with Crippen molar-refractivity contribution in [3.8, 4) is 5.75 Å². The summed E-state index contributed by atoms with van der Waals surface area (Å²) < 4.78 is 27.5. The molecular formula is C14H12Cl2N2O4S. The molecule has 0 spiro atoms. The Balaban J connectivity index is 1.96. The topological polar surface area (TPSA) is 98.5 Å². The van der Waals surface area contributed by atoms with E-state index in [1.165, 1.54) is 30.3 Å². The highest BCUT2D eigenvalue weighted by atomic mass is 35.5. The number of sulfonamides is 1. The molecule has 122 valence electrons. The quantitative estimate of drug-likeness (QED) is 0.839. The van der Waals surface area contributed by atoms with Crippen molar-refractivity contribution < 1.29 is 17.9 Å². The van der Waals surface area contributed by atoms with Gasteiger partial charge in [0.1, 0.15) is 5.75 Å². The Hall–Kier alpha value is -1.80. The molecule has 0 aliphatic heterocycles. The molecule has 0 fully saturated rings. The molecule has 0 saturated heterocycles. The van der Waals surface area contributed by atoms with Crippen LogP contribution in [0.5, 0.6) is 5.75 Å². The van der Waals surface area contributed by atoms with Gasteiger partial charge in [-0.05, 0) is 36.4 Å². The molecule has 0 aromatic heterocycles. The van der Waals surface area contributed by atoms with Crippen LogP contribution >= 0.6 is 23.2 Å². The number of carbonyl (C=O) groups is 1. The van der Waals surface area contributed by atoms with Crippen LogP contribution in [0.25, 0.3) is 0 Å². The summed E-state index contributed by atoms with van der Waals surface area (Å²) in [6, 6.07) is 10.1. The van der Waals surface area contributed by atoms with E-state index < -0.39 is 15.9 Å². The van der Waals surface area contributed by atoms with Crippen LogP contribution in [0.2, 0.25) is 10.0 Å². The molecule has 2 aromatic rings. The third-order valence-electron chi connectivity index (χ3n) is 2.72. The van der Waals surface area contributed by atoms with Crippen LogP contribution in [-0.4, -0.2) is 20.9 Å². The molecule has 3 N–H and O–H groups in total. The zero-order chi connectivity index (χ0) is 17.0. The van der Waals surface area contributed by atoms with Crippen molar-refractivity contribution in [3.05, 3.63) is 52.5 Å². The zero-order valence-corrected chi connectivity index (χ0v) is 14.0. The number of halogens is 2. The van der Waals surface area contributed by atoms with E-state index >= 15 is 0 Å². The van der Waals surface area contributed by atoms with Gasteiger partial charge in [0.2, 0.25) is 10.0 Å². The summed E-state index contributed by atoms with van der Waals surface area (Å²) in [4.78, 5) is 11.8. The predicted molar refractivity (Wildman–Crippen MR) is 88.4 cm³/mol. The number of nitrogens with two attached hydrogens (primary N) is 1. The van der Waals surface area contributed by atoms with Crippen LogP contribution in [0.4, 0.5) is 5.69 Å². The summed E-state index contributed by atoms with van der Waals surface area (Å²) in [5, 5.41) is 8.30. The summed E-state index contributed by atoms with van der Waals surface area (Å²) in [5.74, 6) is -0.150. The number of primary sulfonamides is 1. The molecule has 2 aromatic carbocycles. The lowest BCUT2D eigenvalue weighted by atomic mass is 10.3. The molecule has 9 heteroatoms. The Morgan fingerprint density at radius 3 is 2.39 bits per heavy atom. The first kappa shape index (κ1) is 17.6. The maximum Gasteiger partial charge on any atom is 0.262 e. The van der Waals surface area contributed by atoms with E-state index in [9.17, 15) is 13.2 Å². The molecule has 0 heterocycles. The average molecular weight is 375 g/mol. The van der Waals surface area contributed by atoms with Crippen molar-refractivity contribution in [3.63, 3.8) is 0 Å². The van der Waals surface area contributed by atoms with Gasteiger partial charge in [-0.1, -0.05) is 23.2 Å². The van der Waals surface area contributed by atoms with Crippen molar-refractivity contribution in [2.24, 2.45) is 5.14 Å². The number of benzene rings is 2. The van der Waals surface area contributed by atoms with Crippen molar-refractivity contribution in [1.82, 2.24) is 0 Å². The van der Waals surface area contributed by atoms with Gasteiger partial charge in [0, 0.05) is 16.8 Å². The van der Waals surface area contributed by atoms with Gasteiger partial charge in [-0.15, -0.1) is 0 Å². The SMILES string of the molecule is NS(=O)(=O)c1ccc(NC(=O)COc2cc(Cl)ccc2Cl)cc1. The number of ether oxygens (including phenoxy) is 1. The van der Waals surface area contributed by atoms with Gasteiger partial charge in [0.25, 0.3) is 5.91 Å². The highest BCUT2D eigenvalue weighted by molar-refractivity contribution is 7.89. The first-order valence-corrected chi connectivity index (χ1v) is 8.56. The van der Waals surface area contributed by atoms with Crippen LogP contribution in [-0.2, 0) is 14.8 Å². The Morgan fingerprint density at radius 2 is 1.78 bits per heavy atom. The molecular weight excluding hydrogens is 363 g/mol. The molecule has 0 unspecified atom stereocenters. The summed E-state index contributed by atoms with van der Waals surface area (Å²) in [6.07, 6.45) is 0. The first-order chi connectivity index (χ1) is 10.8. The lowest BCUT2D eigenvalue weighted by Gasteiger charge is -2.09. The summed E-state index contributed by atoms with van der Waals surface area (Å²) in [5.41, 5.74) is 0.406. The third kappa shape index (κ3) is 5.11. The zero-order valence-electron chi connectivity index (χ0n) is 11.6. The molecule has 0 atom stereocenters. The summed E-state index contributed by atoms with van der Waals surface area (Å²) >= 11 is 11.7. The summed E-state index contributed by atoms with van der Waals surface area (Å²) in [7, 11) is -3.77. The number of nitrogens with one attached hydrogen (secondary N) is 1. The average Bonchev–Trinajstić information content (AvgIpc) is 2.48. The van der Waals surface area contributed by atoms with Crippen LogP contribution in [0, 0.1) is 0 Å². The Kier molecular flexibility index (Phi) is 5.48.